The average Bonchev–Trinajstić information content (AvgIpc) is 2.97. The Labute approximate surface area is 126 Å². The maximum absolute atomic E-state index is 12.1. The van der Waals surface area contributed by atoms with Crippen molar-refractivity contribution in [2.75, 3.05) is 18.4 Å². The summed E-state index contributed by atoms with van der Waals surface area (Å²) in [6.07, 6.45) is 0.956. The van der Waals surface area contributed by atoms with Gasteiger partial charge in [0.05, 0.1) is 6.10 Å². The largest absolute Gasteiger partial charge is 0.393 e. The Morgan fingerprint density at radius 3 is 2.67 bits per heavy atom. The number of hydrogen-bond acceptors (Lipinski definition) is 5. The number of hydrogen-bond donors (Lipinski definition) is 2. The lowest BCUT2D eigenvalue weighted by Crippen LogP contribution is -2.42. The van der Waals surface area contributed by atoms with Gasteiger partial charge in [0.25, 0.3) is 0 Å². The fourth-order valence-electron chi connectivity index (χ4n) is 2.21. The van der Waals surface area contributed by atoms with E-state index in [1.54, 1.807) is 4.90 Å². The highest BCUT2D eigenvalue weighted by atomic mass is 32.1. The Bertz CT molecular complexity index is 608. The topological polar surface area (TPSA) is 78.4 Å². The van der Waals surface area contributed by atoms with Crippen LogP contribution >= 0.6 is 11.3 Å². The summed E-state index contributed by atoms with van der Waals surface area (Å²) in [7, 11) is 0. The minimum absolute atomic E-state index is 0.183. The standard InChI is InChI=1S/C14H16N4O2S/c19-11-6-8-18(9-7-11)14(20)15-13-17-16-12(21-13)10-4-2-1-3-5-10/h1-5,11,19H,6-9H2,(H,15,17,20). The molecule has 0 unspecified atom stereocenters. The number of benzene rings is 1. The van der Waals surface area contributed by atoms with Crippen molar-refractivity contribution in [3.8, 4) is 10.6 Å². The van der Waals surface area contributed by atoms with E-state index in [-0.39, 0.29) is 12.1 Å². The molecular weight excluding hydrogens is 288 g/mol. The molecule has 21 heavy (non-hydrogen) atoms. The van der Waals surface area contributed by atoms with Crippen LogP contribution in [0.4, 0.5) is 9.93 Å². The van der Waals surface area contributed by atoms with Crippen molar-refractivity contribution in [1.82, 2.24) is 15.1 Å². The summed E-state index contributed by atoms with van der Waals surface area (Å²) < 4.78 is 0. The van der Waals surface area contributed by atoms with Crippen molar-refractivity contribution in [3.05, 3.63) is 30.3 Å². The van der Waals surface area contributed by atoms with Crippen LogP contribution in [0.25, 0.3) is 10.6 Å². The van der Waals surface area contributed by atoms with Crippen LogP contribution in [0.5, 0.6) is 0 Å². The summed E-state index contributed by atoms with van der Waals surface area (Å²) in [6.45, 7) is 1.13. The predicted octanol–water partition coefficient (Wildman–Crippen LogP) is 2.19. The van der Waals surface area contributed by atoms with Gasteiger partial charge < -0.3 is 10.0 Å². The first-order valence-corrected chi connectivity index (χ1v) is 7.67. The maximum atomic E-state index is 12.1. The Balaban J connectivity index is 1.63. The Morgan fingerprint density at radius 2 is 1.95 bits per heavy atom. The van der Waals surface area contributed by atoms with E-state index in [9.17, 15) is 9.90 Å². The van der Waals surface area contributed by atoms with Crippen molar-refractivity contribution in [2.45, 2.75) is 18.9 Å². The van der Waals surface area contributed by atoms with E-state index in [0.717, 1.165) is 10.6 Å². The molecule has 2 N–H and O–H groups in total. The van der Waals surface area contributed by atoms with Gasteiger partial charge in [0.2, 0.25) is 5.13 Å². The number of aromatic nitrogens is 2. The number of carbonyl (C=O) groups excluding carboxylic acids is 1. The number of likely N-dealkylation sites (tertiary alicyclic amines) is 1. The lowest BCUT2D eigenvalue weighted by molar-refractivity contribution is 0.0972. The summed E-state index contributed by atoms with van der Waals surface area (Å²) in [4.78, 5) is 13.8. The Morgan fingerprint density at radius 1 is 1.24 bits per heavy atom. The van der Waals surface area contributed by atoms with Crippen molar-refractivity contribution >= 4 is 22.5 Å². The second-order valence-electron chi connectivity index (χ2n) is 4.93. The normalized spacial score (nSPS) is 16.0. The molecule has 0 saturated carbocycles. The van der Waals surface area contributed by atoms with Crippen molar-refractivity contribution < 1.29 is 9.90 Å². The molecule has 0 aliphatic carbocycles. The van der Waals surface area contributed by atoms with Crippen LogP contribution in [0.1, 0.15) is 12.8 Å². The molecule has 110 valence electrons. The number of carbonyl (C=O) groups is 1. The van der Waals surface area contributed by atoms with Crippen molar-refractivity contribution in [3.63, 3.8) is 0 Å². The minimum atomic E-state index is -0.291. The number of aliphatic hydroxyl groups excluding tert-OH is 1. The minimum Gasteiger partial charge on any atom is -0.393 e. The Kier molecular flexibility index (Phi) is 4.12. The molecule has 3 rings (SSSR count). The van der Waals surface area contributed by atoms with Gasteiger partial charge in [0.15, 0.2) is 0 Å². The van der Waals surface area contributed by atoms with Crippen LogP contribution < -0.4 is 5.32 Å². The third kappa shape index (κ3) is 3.37. The quantitative estimate of drug-likeness (QED) is 0.891. The van der Waals surface area contributed by atoms with E-state index in [4.69, 9.17) is 0 Å². The smallest absolute Gasteiger partial charge is 0.323 e. The fraction of sp³-hybridized carbons (Fsp3) is 0.357. The molecule has 1 aromatic heterocycles. The van der Waals surface area contributed by atoms with E-state index in [0.29, 0.717) is 31.1 Å². The molecule has 1 aromatic carbocycles. The van der Waals surface area contributed by atoms with Crippen LogP contribution in [-0.4, -0.2) is 45.4 Å². The van der Waals surface area contributed by atoms with Gasteiger partial charge >= 0.3 is 6.03 Å². The zero-order valence-electron chi connectivity index (χ0n) is 11.4. The van der Waals surface area contributed by atoms with Crippen LogP contribution in [0.2, 0.25) is 0 Å². The van der Waals surface area contributed by atoms with E-state index in [2.05, 4.69) is 15.5 Å². The summed E-state index contributed by atoms with van der Waals surface area (Å²) in [5, 5.41) is 21.6. The molecule has 7 heteroatoms. The maximum Gasteiger partial charge on any atom is 0.323 e. The molecule has 2 heterocycles. The van der Waals surface area contributed by atoms with Crippen molar-refractivity contribution in [2.24, 2.45) is 0 Å². The number of aliphatic hydroxyl groups is 1. The second kappa shape index (κ2) is 6.19. The number of nitrogens with one attached hydrogen (secondary N) is 1. The lowest BCUT2D eigenvalue weighted by atomic mass is 10.1. The number of nitrogens with zero attached hydrogens (tertiary/aromatic N) is 3. The van der Waals surface area contributed by atoms with E-state index < -0.39 is 0 Å². The summed E-state index contributed by atoms with van der Waals surface area (Å²) in [5.74, 6) is 0. The molecular formula is C14H16N4O2S. The molecule has 2 aromatic rings. The van der Waals surface area contributed by atoms with Crippen LogP contribution in [0.15, 0.2) is 30.3 Å². The number of anilines is 1. The van der Waals surface area contributed by atoms with Gasteiger partial charge in [-0.25, -0.2) is 4.79 Å². The highest BCUT2D eigenvalue weighted by Crippen LogP contribution is 2.26. The molecule has 6 nitrogen and oxygen atoms in total. The third-order valence-corrected chi connectivity index (χ3v) is 4.30. The van der Waals surface area contributed by atoms with E-state index in [1.165, 1.54) is 11.3 Å². The lowest BCUT2D eigenvalue weighted by Gasteiger charge is -2.29. The molecule has 2 amide bonds. The zero-order valence-corrected chi connectivity index (χ0v) is 12.2. The molecule has 1 aliphatic heterocycles. The molecule has 0 bridgehead atoms. The van der Waals surface area contributed by atoms with Gasteiger partial charge in [0.1, 0.15) is 5.01 Å². The van der Waals surface area contributed by atoms with E-state index >= 15 is 0 Å². The third-order valence-electron chi connectivity index (χ3n) is 3.41. The number of amides is 2. The van der Waals surface area contributed by atoms with Crippen LogP contribution in [0, 0.1) is 0 Å². The molecule has 1 fully saturated rings. The molecule has 0 radical (unpaired) electrons. The summed E-state index contributed by atoms with van der Waals surface area (Å²) in [5.41, 5.74) is 0.983. The van der Waals surface area contributed by atoms with Crippen LogP contribution in [0.3, 0.4) is 0 Å². The molecule has 0 atom stereocenters. The first-order chi connectivity index (χ1) is 10.2. The molecule has 1 aliphatic rings. The molecule has 1 saturated heterocycles. The fourth-order valence-corrected chi connectivity index (χ4v) is 2.95. The van der Waals surface area contributed by atoms with Gasteiger partial charge in [-0.2, -0.15) is 0 Å². The predicted molar refractivity (Wildman–Crippen MR) is 81.2 cm³/mol. The molecule has 0 spiro atoms. The zero-order chi connectivity index (χ0) is 14.7. The Hall–Kier alpha value is -1.99. The summed E-state index contributed by atoms with van der Waals surface area (Å²) in [6, 6.07) is 9.55. The second-order valence-corrected chi connectivity index (χ2v) is 5.90. The first kappa shape index (κ1) is 14.0. The highest BCUT2D eigenvalue weighted by molar-refractivity contribution is 7.18. The number of rotatable bonds is 2. The van der Waals surface area contributed by atoms with Gasteiger partial charge in [-0.15, -0.1) is 10.2 Å². The number of piperidine rings is 1. The van der Waals surface area contributed by atoms with Gasteiger partial charge in [0, 0.05) is 18.7 Å². The van der Waals surface area contributed by atoms with E-state index in [1.807, 2.05) is 30.3 Å². The monoisotopic (exact) mass is 304 g/mol. The van der Waals surface area contributed by atoms with Gasteiger partial charge in [-0.05, 0) is 12.8 Å². The average molecular weight is 304 g/mol. The van der Waals surface area contributed by atoms with Gasteiger partial charge in [-0.3, -0.25) is 5.32 Å². The SMILES string of the molecule is O=C(Nc1nnc(-c2ccccc2)s1)N1CCC(O)CC1. The van der Waals surface area contributed by atoms with Gasteiger partial charge in [-0.1, -0.05) is 41.7 Å². The highest BCUT2D eigenvalue weighted by Gasteiger charge is 2.22. The van der Waals surface area contributed by atoms with Crippen LogP contribution in [-0.2, 0) is 0 Å². The van der Waals surface area contributed by atoms with Crippen molar-refractivity contribution in [1.29, 1.82) is 0 Å². The first-order valence-electron chi connectivity index (χ1n) is 6.85. The number of urea groups is 1. The summed E-state index contributed by atoms with van der Waals surface area (Å²) >= 11 is 1.35.